The molecule has 2 aliphatic rings. The number of hydrogen-bond acceptors (Lipinski definition) is 3. The van der Waals surface area contributed by atoms with Gasteiger partial charge in [-0.05, 0) is 26.2 Å². The molecule has 14 heavy (non-hydrogen) atoms. The van der Waals surface area contributed by atoms with Gasteiger partial charge < -0.3 is 15.1 Å². The standard InChI is InChI=1S/C10H17NO3/c1-10(14)5-4-9(13)11-7(6-12)2-3-8(10)11/h7-8,12,14H,2-6H2,1H3/t7-,8-,10-/m0/s1. The Labute approximate surface area is 83.5 Å². The van der Waals surface area contributed by atoms with Gasteiger partial charge in [0.15, 0.2) is 0 Å². The van der Waals surface area contributed by atoms with Crippen molar-refractivity contribution in [1.29, 1.82) is 0 Å². The van der Waals surface area contributed by atoms with Gasteiger partial charge in [0.25, 0.3) is 0 Å². The molecular weight excluding hydrogens is 182 g/mol. The molecule has 0 aromatic carbocycles. The maximum absolute atomic E-state index is 11.6. The molecule has 0 saturated carbocycles. The van der Waals surface area contributed by atoms with E-state index in [4.69, 9.17) is 5.11 Å². The van der Waals surface area contributed by atoms with Crippen LogP contribution < -0.4 is 0 Å². The zero-order valence-electron chi connectivity index (χ0n) is 8.44. The Morgan fingerprint density at radius 3 is 2.93 bits per heavy atom. The third-order valence-corrected chi connectivity index (χ3v) is 3.56. The maximum Gasteiger partial charge on any atom is 0.223 e. The van der Waals surface area contributed by atoms with Crippen molar-refractivity contribution >= 4 is 5.91 Å². The quantitative estimate of drug-likeness (QED) is 0.619. The molecule has 1 amide bonds. The van der Waals surface area contributed by atoms with E-state index < -0.39 is 5.60 Å². The largest absolute Gasteiger partial charge is 0.394 e. The van der Waals surface area contributed by atoms with E-state index in [1.807, 2.05) is 0 Å². The lowest BCUT2D eigenvalue weighted by Crippen LogP contribution is -2.57. The number of carbonyl (C=O) groups excluding carboxylic acids is 1. The van der Waals surface area contributed by atoms with E-state index in [0.29, 0.717) is 12.8 Å². The van der Waals surface area contributed by atoms with E-state index in [0.717, 1.165) is 12.8 Å². The fourth-order valence-corrected chi connectivity index (χ4v) is 2.71. The van der Waals surface area contributed by atoms with Crippen LogP contribution in [0.25, 0.3) is 0 Å². The van der Waals surface area contributed by atoms with E-state index in [1.165, 1.54) is 0 Å². The number of aliphatic hydroxyl groups excluding tert-OH is 1. The number of nitrogens with zero attached hydrogens (tertiary/aromatic N) is 1. The molecule has 0 bridgehead atoms. The highest BCUT2D eigenvalue weighted by molar-refractivity contribution is 5.78. The van der Waals surface area contributed by atoms with Crippen LogP contribution in [-0.2, 0) is 4.79 Å². The van der Waals surface area contributed by atoms with E-state index >= 15 is 0 Å². The van der Waals surface area contributed by atoms with Crippen LogP contribution in [0, 0.1) is 0 Å². The first-order valence-corrected chi connectivity index (χ1v) is 5.20. The summed E-state index contributed by atoms with van der Waals surface area (Å²) in [5.74, 6) is 0.0816. The molecule has 3 atom stereocenters. The van der Waals surface area contributed by atoms with Gasteiger partial charge in [0.2, 0.25) is 5.91 Å². The minimum absolute atomic E-state index is 0.0122. The second kappa shape index (κ2) is 3.21. The van der Waals surface area contributed by atoms with E-state index in [1.54, 1.807) is 11.8 Å². The molecular formula is C10H17NO3. The first-order chi connectivity index (χ1) is 6.56. The van der Waals surface area contributed by atoms with Crippen molar-refractivity contribution in [3.05, 3.63) is 0 Å². The molecule has 2 N–H and O–H groups in total. The number of aliphatic hydroxyl groups is 2. The van der Waals surface area contributed by atoms with Crippen LogP contribution in [0.15, 0.2) is 0 Å². The lowest BCUT2D eigenvalue weighted by Gasteiger charge is -2.42. The minimum Gasteiger partial charge on any atom is -0.394 e. The summed E-state index contributed by atoms with van der Waals surface area (Å²) in [4.78, 5) is 13.3. The van der Waals surface area contributed by atoms with Gasteiger partial charge in [0.05, 0.1) is 24.3 Å². The van der Waals surface area contributed by atoms with Gasteiger partial charge in [-0.25, -0.2) is 0 Å². The third kappa shape index (κ3) is 1.33. The summed E-state index contributed by atoms with van der Waals surface area (Å²) in [5, 5.41) is 19.2. The van der Waals surface area contributed by atoms with Crippen LogP contribution in [0.5, 0.6) is 0 Å². The fourth-order valence-electron chi connectivity index (χ4n) is 2.71. The molecule has 0 unspecified atom stereocenters. The molecule has 80 valence electrons. The van der Waals surface area contributed by atoms with Crippen LogP contribution in [0.3, 0.4) is 0 Å². The predicted molar refractivity (Wildman–Crippen MR) is 50.6 cm³/mol. The molecule has 2 aliphatic heterocycles. The minimum atomic E-state index is -0.766. The highest BCUT2D eigenvalue weighted by atomic mass is 16.3. The number of amides is 1. The van der Waals surface area contributed by atoms with Gasteiger partial charge in [-0.2, -0.15) is 0 Å². The molecule has 2 heterocycles. The second-order valence-electron chi connectivity index (χ2n) is 4.59. The van der Waals surface area contributed by atoms with Crippen molar-refractivity contribution in [2.75, 3.05) is 6.61 Å². The van der Waals surface area contributed by atoms with Crippen LogP contribution in [0.4, 0.5) is 0 Å². The Balaban J connectivity index is 2.23. The number of carbonyl (C=O) groups is 1. The zero-order chi connectivity index (χ0) is 10.3. The molecule has 4 heteroatoms. The Kier molecular flexibility index (Phi) is 2.27. The van der Waals surface area contributed by atoms with Gasteiger partial charge in [-0.3, -0.25) is 4.79 Å². The summed E-state index contributed by atoms with van der Waals surface area (Å²) >= 11 is 0. The molecule has 0 aromatic rings. The van der Waals surface area contributed by atoms with Crippen molar-refractivity contribution in [3.63, 3.8) is 0 Å². The molecule has 2 rings (SSSR count). The fraction of sp³-hybridized carbons (Fsp3) is 0.900. The smallest absolute Gasteiger partial charge is 0.223 e. The second-order valence-corrected chi connectivity index (χ2v) is 4.59. The summed E-state index contributed by atoms with van der Waals surface area (Å²) in [7, 11) is 0. The Bertz CT molecular complexity index is 252. The van der Waals surface area contributed by atoms with Crippen LogP contribution >= 0.6 is 0 Å². The van der Waals surface area contributed by atoms with Gasteiger partial charge in [-0.1, -0.05) is 0 Å². The van der Waals surface area contributed by atoms with Crippen LogP contribution in [0.2, 0.25) is 0 Å². The van der Waals surface area contributed by atoms with Gasteiger partial charge in [0.1, 0.15) is 0 Å². The number of piperidine rings is 1. The Hall–Kier alpha value is -0.610. The molecule has 0 radical (unpaired) electrons. The van der Waals surface area contributed by atoms with E-state index in [9.17, 15) is 9.90 Å². The molecule has 0 spiro atoms. The Morgan fingerprint density at radius 2 is 2.29 bits per heavy atom. The molecule has 0 aliphatic carbocycles. The van der Waals surface area contributed by atoms with E-state index in [2.05, 4.69) is 0 Å². The van der Waals surface area contributed by atoms with Crippen molar-refractivity contribution < 1.29 is 15.0 Å². The SMILES string of the molecule is C[C@]1(O)CCC(=O)N2[C@H](CO)CC[C@H]21. The summed E-state index contributed by atoms with van der Waals surface area (Å²) in [6.07, 6.45) is 2.57. The average Bonchev–Trinajstić information content (AvgIpc) is 2.57. The number of rotatable bonds is 1. The average molecular weight is 199 g/mol. The van der Waals surface area contributed by atoms with Crippen molar-refractivity contribution in [2.45, 2.75) is 50.3 Å². The van der Waals surface area contributed by atoms with Crippen molar-refractivity contribution in [2.24, 2.45) is 0 Å². The number of fused-ring (bicyclic) bond motifs is 1. The first kappa shape index (κ1) is 9.93. The Morgan fingerprint density at radius 1 is 1.57 bits per heavy atom. The molecule has 2 saturated heterocycles. The molecule has 4 nitrogen and oxygen atoms in total. The number of hydrogen-bond donors (Lipinski definition) is 2. The third-order valence-electron chi connectivity index (χ3n) is 3.56. The molecule has 0 aromatic heterocycles. The normalized spacial score (nSPS) is 42.8. The summed E-state index contributed by atoms with van der Waals surface area (Å²) in [6, 6.07) is -0.153. The van der Waals surface area contributed by atoms with Crippen LogP contribution in [-0.4, -0.2) is 45.3 Å². The zero-order valence-corrected chi connectivity index (χ0v) is 8.44. The van der Waals surface area contributed by atoms with Crippen molar-refractivity contribution in [1.82, 2.24) is 4.90 Å². The van der Waals surface area contributed by atoms with E-state index in [-0.39, 0.29) is 24.6 Å². The first-order valence-electron chi connectivity index (χ1n) is 5.20. The maximum atomic E-state index is 11.6. The summed E-state index contributed by atoms with van der Waals surface area (Å²) in [6.45, 7) is 1.80. The topological polar surface area (TPSA) is 60.8 Å². The van der Waals surface area contributed by atoms with Gasteiger partial charge in [0, 0.05) is 6.42 Å². The van der Waals surface area contributed by atoms with Gasteiger partial charge in [-0.15, -0.1) is 0 Å². The summed E-state index contributed by atoms with van der Waals surface area (Å²) in [5.41, 5.74) is -0.766. The summed E-state index contributed by atoms with van der Waals surface area (Å²) < 4.78 is 0. The highest BCUT2D eigenvalue weighted by Gasteiger charge is 2.48. The lowest BCUT2D eigenvalue weighted by molar-refractivity contribution is -0.150. The van der Waals surface area contributed by atoms with Crippen LogP contribution in [0.1, 0.15) is 32.6 Å². The van der Waals surface area contributed by atoms with Crippen molar-refractivity contribution in [3.8, 4) is 0 Å². The highest BCUT2D eigenvalue weighted by Crippen LogP contribution is 2.38. The van der Waals surface area contributed by atoms with Gasteiger partial charge >= 0.3 is 0 Å². The lowest BCUT2D eigenvalue weighted by atomic mass is 9.86. The molecule has 2 fully saturated rings. The monoisotopic (exact) mass is 199 g/mol. The predicted octanol–water partition coefficient (Wildman–Crippen LogP) is -0.117.